The maximum absolute atomic E-state index is 6.02. The zero-order chi connectivity index (χ0) is 12.4. The minimum Gasteiger partial charge on any atom is -0.325 e. The van der Waals surface area contributed by atoms with E-state index in [2.05, 4.69) is 34.6 Å². The van der Waals surface area contributed by atoms with Gasteiger partial charge >= 0.3 is 0 Å². The first kappa shape index (κ1) is 12.4. The fourth-order valence-electron chi connectivity index (χ4n) is 1.44. The number of aromatic nitrogens is 2. The predicted octanol–water partition coefficient (Wildman–Crippen LogP) is 2.38. The van der Waals surface area contributed by atoms with Gasteiger partial charge in [0.25, 0.3) is 0 Å². The van der Waals surface area contributed by atoms with Crippen LogP contribution in [0.1, 0.15) is 13.8 Å². The van der Waals surface area contributed by atoms with E-state index in [0.717, 1.165) is 5.82 Å². The lowest BCUT2D eigenvalue weighted by Crippen LogP contribution is -2.34. The molecule has 0 saturated carbocycles. The van der Waals surface area contributed by atoms with Crippen molar-refractivity contribution in [3.63, 3.8) is 0 Å². The fourth-order valence-corrected chi connectivity index (χ4v) is 1.80. The Bertz CT molecular complexity index is 434. The van der Waals surface area contributed by atoms with Crippen LogP contribution in [0.5, 0.6) is 0 Å². The third kappa shape index (κ3) is 3.00. The van der Waals surface area contributed by atoms with Crippen molar-refractivity contribution in [1.82, 2.24) is 19.9 Å². The highest BCUT2D eigenvalue weighted by Gasteiger charge is 2.24. The summed E-state index contributed by atoms with van der Waals surface area (Å²) in [7, 11) is 0. The number of hydrogen-bond acceptors (Lipinski definition) is 5. The van der Waals surface area contributed by atoms with Crippen LogP contribution in [-0.4, -0.2) is 20.5 Å². The van der Waals surface area contributed by atoms with Crippen molar-refractivity contribution in [3.05, 3.63) is 29.4 Å². The van der Waals surface area contributed by atoms with Crippen molar-refractivity contribution < 1.29 is 0 Å². The van der Waals surface area contributed by atoms with Gasteiger partial charge in [0.1, 0.15) is 23.1 Å². The SMILES string of the molecule is CC(C)C1C=C(Nc2cc(Cl)ncn2)N(Cl)N1. The molecule has 92 valence electrons. The minimum atomic E-state index is 0.201. The van der Waals surface area contributed by atoms with Gasteiger partial charge in [0.2, 0.25) is 0 Å². The number of halogens is 2. The highest BCUT2D eigenvalue weighted by molar-refractivity contribution is 6.29. The predicted molar refractivity (Wildman–Crippen MR) is 68.2 cm³/mol. The highest BCUT2D eigenvalue weighted by atomic mass is 35.5. The Morgan fingerprint density at radius 2 is 2.24 bits per heavy atom. The summed E-state index contributed by atoms with van der Waals surface area (Å²) in [6.07, 6.45) is 3.40. The number of rotatable bonds is 3. The average molecular weight is 274 g/mol. The molecular formula is C10H13Cl2N5. The second-order valence-corrected chi connectivity index (χ2v) is 4.81. The van der Waals surface area contributed by atoms with Crippen LogP contribution in [0.2, 0.25) is 5.15 Å². The summed E-state index contributed by atoms with van der Waals surface area (Å²) in [4.78, 5) is 7.86. The molecule has 0 radical (unpaired) electrons. The molecule has 0 bridgehead atoms. The molecule has 0 aliphatic carbocycles. The van der Waals surface area contributed by atoms with Crippen molar-refractivity contribution in [3.8, 4) is 0 Å². The van der Waals surface area contributed by atoms with E-state index in [0.29, 0.717) is 16.9 Å². The standard InChI is InChI=1S/C10H13Cl2N5/c1-6(2)7-3-10(17(12)16-7)15-9-4-8(11)13-5-14-9/h3-7,16H,1-2H3,(H,13,14,15). The minimum absolute atomic E-state index is 0.201. The van der Waals surface area contributed by atoms with Crippen molar-refractivity contribution in [2.24, 2.45) is 5.92 Å². The molecule has 1 atom stereocenters. The van der Waals surface area contributed by atoms with E-state index < -0.39 is 0 Å². The third-order valence-corrected chi connectivity index (χ3v) is 2.91. The van der Waals surface area contributed by atoms with E-state index in [9.17, 15) is 0 Å². The lowest BCUT2D eigenvalue weighted by atomic mass is 10.1. The van der Waals surface area contributed by atoms with Crippen molar-refractivity contribution >= 4 is 29.2 Å². The van der Waals surface area contributed by atoms with E-state index in [4.69, 9.17) is 23.4 Å². The lowest BCUT2D eigenvalue weighted by Gasteiger charge is -2.17. The van der Waals surface area contributed by atoms with Gasteiger partial charge in [-0.05, 0) is 12.0 Å². The summed E-state index contributed by atoms with van der Waals surface area (Å²) < 4.78 is 1.42. The molecule has 2 heterocycles. The summed E-state index contributed by atoms with van der Waals surface area (Å²) in [5, 5.41) is 3.46. The second kappa shape index (κ2) is 5.08. The maximum atomic E-state index is 6.02. The monoisotopic (exact) mass is 273 g/mol. The van der Waals surface area contributed by atoms with Crippen LogP contribution in [0.4, 0.5) is 5.82 Å². The normalized spacial score (nSPS) is 19.7. The van der Waals surface area contributed by atoms with Crippen molar-refractivity contribution in [1.29, 1.82) is 0 Å². The Hall–Kier alpha value is -1.04. The van der Waals surface area contributed by atoms with Gasteiger partial charge in [0.15, 0.2) is 0 Å². The Morgan fingerprint density at radius 1 is 1.47 bits per heavy atom. The molecular weight excluding hydrogens is 261 g/mol. The van der Waals surface area contributed by atoms with Gasteiger partial charge < -0.3 is 5.32 Å². The molecule has 1 aromatic rings. The first-order chi connectivity index (χ1) is 8.06. The number of hydrazine groups is 1. The molecule has 1 aromatic heterocycles. The van der Waals surface area contributed by atoms with Crippen molar-refractivity contribution in [2.45, 2.75) is 19.9 Å². The lowest BCUT2D eigenvalue weighted by molar-refractivity contribution is 0.361. The topological polar surface area (TPSA) is 53.1 Å². The second-order valence-electron chi connectivity index (χ2n) is 4.08. The molecule has 17 heavy (non-hydrogen) atoms. The van der Waals surface area contributed by atoms with Gasteiger partial charge in [0.05, 0.1) is 6.04 Å². The molecule has 0 saturated heterocycles. The van der Waals surface area contributed by atoms with Crippen LogP contribution < -0.4 is 10.7 Å². The van der Waals surface area contributed by atoms with Crippen LogP contribution in [0.25, 0.3) is 0 Å². The quantitative estimate of drug-likeness (QED) is 0.654. The summed E-state index contributed by atoms with van der Waals surface area (Å²) in [5.74, 6) is 1.79. The van der Waals surface area contributed by atoms with E-state index in [1.54, 1.807) is 6.07 Å². The summed E-state index contributed by atoms with van der Waals surface area (Å²) in [6.45, 7) is 4.23. The Labute approximate surface area is 110 Å². The van der Waals surface area contributed by atoms with Gasteiger partial charge in [-0.2, -0.15) is 0 Å². The van der Waals surface area contributed by atoms with Crippen LogP contribution in [0.15, 0.2) is 24.3 Å². The van der Waals surface area contributed by atoms with Gasteiger partial charge in [-0.25, -0.2) is 19.9 Å². The van der Waals surface area contributed by atoms with E-state index in [1.807, 2.05) is 6.08 Å². The Kier molecular flexibility index (Phi) is 3.71. The van der Waals surface area contributed by atoms with Gasteiger partial charge in [0, 0.05) is 17.8 Å². The molecule has 0 fully saturated rings. The molecule has 0 spiro atoms. The van der Waals surface area contributed by atoms with Gasteiger partial charge in [-0.1, -0.05) is 25.4 Å². The number of nitrogens with one attached hydrogen (secondary N) is 2. The summed E-state index contributed by atoms with van der Waals surface area (Å²) >= 11 is 11.8. The zero-order valence-corrected chi connectivity index (χ0v) is 11.0. The molecule has 2 N–H and O–H groups in total. The molecule has 0 aromatic carbocycles. The Morgan fingerprint density at radius 3 is 2.82 bits per heavy atom. The Balaban J connectivity index is 2.11. The number of hydrogen-bond donors (Lipinski definition) is 2. The first-order valence-electron chi connectivity index (χ1n) is 5.24. The fraction of sp³-hybridized carbons (Fsp3) is 0.400. The highest BCUT2D eigenvalue weighted by Crippen LogP contribution is 2.21. The average Bonchev–Trinajstić information content (AvgIpc) is 2.61. The first-order valence-corrected chi connectivity index (χ1v) is 5.96. The molecule has 5 nitrogen and oxygen atoms in total. The molecule has 1 unspecified atom stereocenters. The third-order valence-electron chi connectivity index (χ3n) is 2.42. The van der Waals surface area contributed by atoms with E-state index in [1.165, 1.54) is 10.9 Å². The van der Waals surface area contributed by atoms with Crippen LogP contribution >= 0.6 is 23.4 Å². The van der Waals surface area contributed by atoms with E-state index in [-0.39, 0.29) is 6.04 Å². The van der Waals surface area contributed by atoms with Crippen LogP contribution in [-0.2, 0) is 0 Å². The van der Waals surface area contributed by atoms with Gasteiger partial charge in [-0.15, -0.1) is 0 Å². The largest absolute Gasteiger partial charge is 0.325 e. The number of anilines is 1. The van der Waals surface area contributed by atoms with E-state index >= 15 is 0 Å². The molecule has 1 aliphatic heterocycles. The van der Waals surface area contributed by atoms with Crippen molar-refractivity contribution in [2.75, 3.05) is 5.32 Å². The van der Waals surface area contributed by atoms with Crippen LogP contribution in [0.3, 0.4) is 0 Å². The molecule has 1 aliphatic rings. The molecule has 7 heteroatoms. The summed E-state index contributed by atoms with van der Waals surface area (Å²) in [6, 6.07) is 1.84. The smallest absolute Gasteiger partial charge is 0.136 e. The van der Waals surface area contributed by atoms with Crippen LogP contribution in [0, 0.1) is 5.92 Å². The summed E-state index contributed by atoms with van der Waals surface area (Å²) in [5.41, 5.74) is 3.11. The molecule has 0 amide bonds. The number of nitrogens with zero attached hydrogens (tertiary/aromatic N) is 3. The maximum Gasteiger partial charge on any atom is 0.136 e. The molecule has 2 rings (SSSR count). The van der Waals surface area contributed by atoms with Gasteiger partial charge in [-0.3, -0.25) is 0 Å². The zero-order valence-electron chi connectivity index (χ0n) is 9.48.